The molecular formula is C18H20N4O2S. The van der Waals surface area contributed by atoms with E-state index in [0.717, 1.165) is 19.5 Å². The average Bonchev–Trinajstić information content (AvgIpc) is 3.28. The largest absolute Gasteiger partial charge is 0.342 e. The molecule has 4 rings (SSSR count). The number of thiophene rings is 1. The first kappa shape index (κ1) is 16.2. The second-order valence-corrected chi connectivity index (χ2v) is 7.53. The van der Waals surface area contributed by atoms with Gasteiger partial charge in [-0.3, -0.25) is 9.69 Å². The summed E-state index contributed by atoms with van der Waals surface area (Å²) in [6.45, 7) is 5.70. The van der Waals surface area contributed by atoms with Crippen molar-refractivity contribution >= 4 is 27.3 Å². The van der Waals surface area contributed by atoms with Crippen LogP contribution in [-0.2, 0) is 16.9 Å². The van der Waals surface area contributed by atoms with Crippen LogP contribution in [0.25, 0.3) is 10.1 Å². The second-order valence-electron chi connectivity index (χ2n) is 6.62. The summed E-state index contributed by atoms with van der Waals surface area (Å²) in [6.07, 6.45) is 0.771. The summed E-state index contributed by atoms with van der Waals surface area (Å²) in [4.78, 5) is 18.5. The lowest BCUT2D eigenvalue weighted by molar-refractivity contribution is -0.121. The molecule has 3 aromatic rings. The van der Waals surface area contributed by atoms with Gasteiger partial charge in [-0.1, -0.05) is 23.4 Å². The number of hydrogen-bond donors (Lipinski definition) is 1. The van der Waals surface area contributed by atoms with Crippen LogP contribution in [0.5, 0.6) is 0 Å². The highest BCUT2D eigenvalue weighted by molar-refractivity contribution is 7.17. The quantitative estimate of drug-likeness (QED) is 0.778. The zero-order chi connectivity index (χ0) is 17.4. The third kappa shape index (κ3) is 3.05. The number of benzene rings is 1. The number of hydrogen-bond acceptors (Lipinski definition) is 6. The van der Waals surface area contributed by atoms with Gasteiger partial charge in [0.05, 0.1) is 0 Å². The van der Waals surface area contributed by atoms with E-state index in [2.05, 4.69) is 50.0 Å². The van der Waals surface area contributed by atoms with Crippen LogP contribution in [0.4, 0.5) is 0 Å². The molecule has 0 radical (unpaired) electrons. The zero-order valence-electron chi connectivity index (χ0n) is 14.3. The minimum atomic E-state index is -0.574. The number of likely N-dealkylation sites (tertiary alicyclic amines) is 1. The van der Waals surface area contributed by atoms with E-state index in [1.165, 1.54) is 22.6 Å². The van der Waals surface area contributed by atoms with Gasteiger partial charge in [0.1, 0.15) is 5.54 Å². The number of rotatable bonds is 4. The summed E-state index contributed by atoms with van der Waals surface area (Å²) in [6, 6.07) is 8.46. The number of fused-ring (bicyclic) bond motifs is 1. The van der Waals surface area contributed by atoms with E-state index < -0.39 is 5.54 Å². The van der Waals surface area contributed by atoms with E-state index in [0.29, 0.717) is 18.3 Å². The number of nitrogens with zero attached hydrogens (tertiary/aromatic N) is 3. The number of carbonyl (C=O) groups excluding carboxylic acids is 1. The molecule has 1 N–H and O–H groups in total. The van der Waals surface area contributed by atoms with E-state index in [4.69, 9.17) is 4.52 Å². The van der Waals surface area contributed by atoms with Crippen LogP contribution < -0.4 is 5.32 Å². The van der Waals surface area contributed by atoms with E-state index in [1.54, 1.807) is 18.3 Å². The molecule has 1 fully saturated rings. The first-order valence-electron chi connectivity index (χ1n) is 8.33. The highest BCUT2D eigenvalue weighted by Gasteiger charge is 2.44. The summed E-state index contributed by atoms with van der Waals surface area (Å²) in [5.74, 6) is 1.00. The number of aryl methyl sites for hydroxylation is 1. The monoisotopic (exact) mass is 356 g/mol. The number of carbonyl (C=O) groups is 1. The molecule has 0 saturated carbocycles. The standard InChI is InChI=1S/C18H20N4O2S/c1-12(23)20-18(17-19-13(2)24-21-17)7-8-22(11-18)9-14-10-25-16-6-4-3-5-15(14)16/h3-6,10H,7-9,11H2,1-2H3,(H,20,23)/t18-/m0/s1. The van der Waals surface area contributed by atoms with Gasteiger partial charge in [-0.2, -0.15) is 4.98 Å². The highest BCUT2D eigenvalue weighted by Crippen LogP contribution is 2.33. The fraction of sp³-hybridized carbons (Fsp3) is 0.389. The molecule has 0 spiro atoms. The van der Waals surface area contributed by atoms with E-state index in [1.807, 2.05) is 0 Å². The highest BCUT2D eigenvalue weighted by atomic mass is 32.1. The fourth-order valence-corrected chi connectivity index (χ4v) is 4.54. The summed E-state index contributed by atoms with van der Waals surface area (Å²) in [5, 5.41) is 10.7. The molecule has 0 aliphatic carbocycles. The van der Waals surface area contributed by atoms with Crippen molar-refractivity contribution < 1.29 is 9.32 Å². The lowest BCUT2D eigenvalue weighted by Gasteiger charge is -2.27. The Kier molecular flexibility index (Phi) is 4.05. The Morgan fingerprint density at radius 2 is 2.28 bits per heavy atom. The van der Waals surface area contributed by atoms with Crippen molar-refractivity contribution in [2.75, 3.05) is 13.1 Å². The van der Waals surface area contributed by atoms with E-state index >= 15 is 0 Å². The summed E-state index contributed by atoms with van der Waals surface area (Å²) < 4.78 is 6.46. The third-order valence-electron chi connectivity index (χ3n) is 4.67. The first-order valence-corrected chi connectivity index (χ1v) is 9.21. The van der Waals surface area contributed by atoms with Gasteiger partial charge in [-0.25, -0.2) is 0 Å². The van der Waals surface area contributed by atoms with Crippen LogP contribution in [-0.4, -0.2) is 34.0 Å². The van der Waals surface area contributed by atoms with Crippen molar-refractivity contribution in [1.29, 1.82) is 0 Å². The van der Waals surface area contributed by atoms with Crippen LogP contribution in [0.3, 0.4) is 0 Å². The summed E-state index contributed by atoms with van der Waals surface area (Å²) >= 11 is 1.77. The molecule has 1 saturated heterocycles. The summed E-state index contributed by atoms with van der Waals surface area (Å²) in [7, 11) is 0. The van der Waals surface area contributed by atoms with Gasteiger partial charge in [0, 0.05) is 38.2 Å². The number of amides is 1. The Morgan fingerprint density at radius 3 is 3.04 bits per heavy atom. The molecule has 1 aliphatic heterocycles. The van der Waals surface area contributed by atoms with Gasteiger partial charge in [0.15, 0.2) is 5.82 Å². The third-order valence-corrected chi connectivity index (χ3v) is 5.69. The predicted octanol–water partition coefficient (Wildman–Crippen LogP) is 2.83. The van der Waals surface area contributed by atoms with Crippen LogP contribution >= 0.6 is 11.3 Å². The lowest BCUT2D eigenvalue weighted by atomic mass is 9.97. The first-order chi connectivity index (χ1) is 12.1. The van der Waals surface area contributed by atoms with Crippen LogP contribution in [0, 0.1) is 6.92 Å². The summed E-state index contributed by atoms with van der Waals surface area (Å²) in [5.41, 5.74) is 0.749. The maximum absolute atomic E-state index is 11.8. The molecule has 2 aromatic heterocycles. The van der Waals surface area contributed by atoms with Gasteiger partial charge in [0.25, 0.3) is 0 Å². The normalized spacial score (nSPS) is 21.0. The molecule has 0 bridgehead atoms. The maximum atomic E-state index is 11.8. The van der Waals surface area contributed by atoms with Crippen LogP contribution in [0.1, 0.15) is 30.6 Å². The van der Waals surface area contributed by atoms with Crippen molar-refractivity contribution in [3.63, 3.8) is 0 Å². The Morgan fingerprint density at radius 1 is 1.44 bits per heavy atom. The van der Waals surface area contributed by atoms with Gasteiger partial charge in [-0.05, 0) is 28.8 Å². The van der Waals surface area contributed by atoms with Crippen molar-refractivity contribution in [3.8, 4) is 0 Å². The van der Waals surface area contributed by atoms with Crippen LogP contribution in [0.15, 0.2) is 34.2 Å². The second kappa shape index (κ2) is 6.24. The molecule has 25 heavy (non-hydrogen) atoms. The fourth-order valence-electron chi connectivity index (χ4n) is 3.59. The topological polar surface area (TPSA) is 71.3 Å². The molecule has 6 nitrogen and oxygen atoms in total. The molecule has 3 heterocycles. The zero-order valence-corrected chi connectivity index (χ0v) is 15.1. The van der Waals surface area contributed by atoms with Gasteiger partial charge in [0.2, 0.25) is 11.8 Å². The van der Waals surface area contributed by atoms with Gasteiger partial charge < -0.3 is 9.84 Å². The van der Waals surface area contributed by atoms with Crippen molar-refractivity contribution in [3.05, 3.63) is 46.9 Å². The van der Waals surface area contributed by atoms with Crippen LogP contribution in [0.2, 0.25) is 0 Å². The molecule has 1 amide bonds. The molecule has 7 heteroatoms. The van der Waals surface area contributed by atoms with Gasteiger partial charge in [-0.15, -0.1) is 11.3 Å². The minimum absolute atomic E-state index is 0.0784. The van der Waals surface area contributed by atoms with E-state index in [-0.39, 0.29) is 5.91 Å². The molecule has 1 aromatic carbocycles. The maximum Gasteiger partial charge on any atom is 0.223 e. The molecular weight excluding hydrogens is 336 g/mol. The van der Waals surface area contributed by atoms with Crippen molar-refractivity contribution in [2.45, 2.75) is 32.4 Å². The molecule has 0 unspecified atom stereocenters. The minimum Gasteiger partial charge on any atom is -0.342 e. The molecule has 130 valence electrons. The van der Waals surface area contributed by atoms with Gasteiger partial charge >= 0.3 is 0 Å². The van der Waals surface area contributed by atoms with E-state index in [9.17, 15) is 4.79 Å². The smallest absolute Gasteiger partial charge is 0.223 e. The number of aromatic nitrogens is 2. The Labute approximate surface area is 149 Å². The average molecular weight is 356 g/mol. The molecule has 1 aliphatic rings. The van der Waals surface area contributed by atoms with Crippen molar-refractivity contribution in [1.82, 2.24) is 20.4 Å². The predicted molar refractivity (Wildman–Crippen MR) is 96.2 cm³/mol. The Bertz CT molecular complexity index is 919. The lowest BCUT2D eigenvalue weighted by Crippen LogP contribution is -2.47. The Balaban J connectivity index is 1.58. The van der Waals surface area contributed by atoms with Crippen molar-refractivity contribution in [2.24, 2.45) is 0 Å². The SMILES string of the molecule is CC(=O)N[C@@]1(c2noc(C)n2)CCN(Cc2csc3ccccc23)C1. The number of nitrogens with one attached hydrogen (secondary N) is 1. The Hall–Kier alpha value is -2.25. The molecule has 1 atom stereocenters.